The molecule has 0 radical (unpaired) electrons. The number of hydrogen-bond donors (Lipinski definition) is 1. The van der Waals surface area contributed by atoms with Crippen LogP contribution in [0.4, 0.5) is 5.69 Å². The number of likely N-dealkylation sites (N-methyl/N-ethyl adjacent to an activating group) is 1. The number of amides is 1. The lowest BCUT2D eigenvalue weighted by Gasteiger charge is -2.34. The molecule has 1 aliphatic rings. The van der Waals surface area contributed by atoms with Gasteiger partial charge in [-0.3, -0.25) is 9.10 Å². The third-order valence-electron chi connectivity index (χ3n) is 3.34. The summed E-state index contributed by atoms with van der Waals surface area (Å²) >= 11 is 5.93. The van der Waals surface area contributed by atoms with Gasteiger partial charge in [0.2, 0.25) is 10.0 Å². The van der Waals surface area contributed by atoms with Crippen molar-refractivity contribution < 1.29 is 17.9 Å². The highest BCUT2D eigenvalue weighted by Gasteiger charge is 2.35. The van der Waals surface area contributed by atoms with Gasteiger partial charge in [0.25, 0.3) is 5.91 Å². The van der Waals surface area contributed by atoms with Crippen molar-refractivity contribution in [1.29, 1.82) is 0 Å². The van der Waals surface area contributed by atoms with Gasteiger partial charge in [-0.05, 0) is 32.3 Å². The fourth-order valence-corrected chi connectivity index (χ4v) is 3.26. The largest absolute Gasteiger partial charge is 0.476 e. The van der Waals surface area contributed by atoms with Crippen molar-refractivity contribution in [2.45, 2.75) is 6.10 Å². The molecule has 1 amide bonds. The van der Waals surface area contributed by atoms with Gasteiger partial charge in [-0.25, -0.2) is 8.42 Å². The number of nitrogens with zero attached hydrogens (tertiary/aromatic N) is 2. The molecule has 1 unspecified atom stereocenters. The number of carbonyl (C=O) groups is 1. The van der Waals surface area contributed by atoms with Crippen LogP contribution in [0.25, 0.3) is 0 Å². The van der Waals surface area contributed by atoms with Gasteiger partial charge >= 0.3 is 0 Å². The third kappa shape index (κ3) is 4.49. The predicted molar refractivity (Wildman–Crippen MR) is 89.6 cm³/mol. The summed E-state index contributed by atoms with van der Waals surface area (Å²) in [6, 6.07) is 4.67. The van der Waals surface area contributed by atoms with Crippen LogP contribution in [0.5, 0.6) is 5.75 Å². The Labute approximate surface area is 141 Å². The van der Waals surface area contributed by atoms with Crippen molar-refractivity contribution >= 4 is 33.2 Å². The van der Waals surface area contributed by atoms with Crippen LogP contribution in [0.1, 0.15) is 0 Å². The van der Waals surface area contributed by atoms with Crippen LogP contribution in [-0.2, 0) is 14.8 Å². The van der Waals surface area contributed by atoms with Crippen molar-refractivity contribution in [2.24, 2.45) is 0 Å². The first-order valence-electron chi connectivity index (χ1n) is 7.05. The Hall–Kier alpha value is -1.51. The first-order chi connectivity index (χ1) is 10.7. The second kappa shape index (κ2) is 6.94. The molecular formula is C14H20ClN3O4S. The monoisotopic (exact) mass is 361 g/mol. The molecule has 0 saturated heterocycles. The molecule has 1 heterocycles. The summed E-state index contributed by atoms with van der Waals surface area (Å²) in [7, 11) is 0.245. The highest BCUT2D eigenvalue weighted by Crippen LogP contribution is 2.36. The number of ether oxygens (including phenoxy) is 1. The molecule has 0 aliphatic carbocycles. The molecule has 1 aromatic rings. The van der Waals surface area contributed by atoms with E-state index in [1.807, 2.05) is 19.0 Å². The molecule has 0 bridgehead atoms. The number of anilines is 1. The number of carbonyl (C=O) groups excluding carboxylic acids is 1. The van der Waals surface area contributed by atoms with Crippen LogP contribution in [0, 0.1) is 0 Å². The van der Waals surface area contributed by atoms with E-state index in [1.54, 1.807) is 12.1 Å². The molecular weight excluding hydrogens is 342 g/mol. The summed E-state index contributed by atoms with van der Waals surface area (Å²) in [5.41, 5.74) is 0.345. The Kier molecular flexibility index (Phi) is 5.38. The van der Waals surface area contributed by atoms with E-state index >= 15 is 0 Å². The average Bonchev–Trinajstić information content (AvgIpc) is 2.44. The minimum Gasteiger partial charge on any atom is -0.476 e. The Morgan fingerprint density at radius 1 is 1.48 bits per heavy atom. The number of fused-ring (bicyclic) bond motifs is 1. The zero-order chi connectivity index (χ0) is 17.2. The lowest BCUT2D eigenvalue weighted by molar-refractivity contribution is -0.127. The van der Waals surface area contributed by atoms with Crippen LogP contribution < -0.4 is 14.4 Å². The first kappa shape index (κ1) is 17.8. The molecule has 1 aromatic carbocycles. The van der Waals surface area contributed by atoms with E-state index in [4.69, 9.17) is 16.3 Å². The Balaban J connectivity index is 2.20. The summed E-state index contributed by atoms with van der Waals surface area (Å²) in [4.78, 5) is 14.2. The lowest BCUT2D eigenvalue weighted by atomic mass is 10.2. The standard InChI is InChI=1S/C14H20ClN3O4S/c1-17(2)7-6-16-14(19)13-9-18(23(3,20)21)11-8-10(15)4-5-12(11)22-13/h4-5,8,13H,6-7,9H2,1-3H3,(H,16,19). The second-order valence-corrected chi connectivity index (χ2v) is 7.95. The van der Waals surface area contributed by atoms with Gasteiger partial charge in [0, 0.05) is 18.1 Å². The lowest BCUT2D eigenvalue weighted by Crippen LogP contribution is -2.51. The molecule has 23 heavy (non-hydrogen) atoms. The van der Waals surface area contributed by atoms with Crippen LogP contribution >= 0.6 is 11.6 Å². The summed E-state index contributed by atoms with van der Waals surface area (Å²) in [6.07, 6.45) is 0.185. The average molecular weight is 362 g/mol. The van der Waals surface area contributed by atoms with E-state index in [0.717, 1.165) is 10.6 Å². The maximum Gasteiger partial charge on any atom is 0.263 e. The van der Waals surface area contributed by atoms with Gasteiger partial charge in [0.1, 0.15) is 5.75 Å². The minimum atomic E-state index is -3.55. The van der Waals surface area contributed by atoms with Crippen molar-refractivity contribution in [3.8, 4) is 5.75 Å². The fourth-order valence-electron chi connectivity index (χ4n) is 2.19. The zero-order valence-electron chi connectivity index (χ0n) is 13.2. The maximum absolute atomic E-state index is 12.2. The fraction of sp³-hybridized carbons (Fsp3) is 0.500. The van der Waals surface area contributed by atoms with Crippen molar-refractivity contribution in [2.75, 3.05) is 44.3 Å². The molecule has 0 aromatic heterocycles. The van der Waals surface area contributed by atoms with Crippen molar-refractivity contribution in [3.05, 3.63) is 23.2 Å². The number of sulfonamides is 1. The van der Waals surface area contributed by atoms with Crippen molar-refractivity contribution in [3.63, 3.8) is 0 Å². The number of nitrogens with one attached hydrogen (secondary N) is 1. The van der Waals surface area contributed by atoms with Crippen LogP contribution in [0.2, 0.25) is 5.02 Å². The number of halogens is 1. The Bertz CT molecular complexity index is 693. The van der Waals surface area contributed by atoms with Gasteiger partial charge in [-0.15, -0.1) is 0 Å². The van der Waals surface area contributed by atoms with E-state index in [-0.39, 0.29) is 12.5 Å². The van der Waals surface area contributed by atoms with Crippen LogP contribution in [0.3, 0.4) is 0 Å². The molecule has 2 rings (SSSR count). The summed E-state index contributed by atoms with van der Waals surface area (Å²) in [6.45, 7) is 1.05. The molecule has 1 aliphatic heterocycles. The minimum absolute atomic E-state index is 0.0834. The van der Waals surface area contributed by atoms with Crippen LogP contribution in [0.15, 0.2) is 18.2 Å². The molecule has 0 fully saturated rings. The van der Waals surface area contributed by atoms with E-state index in [9.17, 15) is 13.2 Å². The van der Waals surface area contributed by atoms with E-state index in [2.05, 4.69) is 5.32 Å². The quantitative estimate of drug-likeness (QED) is 0.828. The SMILES string of the molecule is CN(C)CCNC(=O)C1CN(S(C)(=O)=O)c2cc(Cl)ccc2O1. The zero-order valence-corrected chi connectivity index (χ0v) is 14.8. The highest BCUT2D eigenvalue weighted by atomic mass is 35.5. The Morgan fingerprint density at radius 3 is 2.78 bits per heavy atom. The normalized spacial score (nSPS) is 17.6. The van der Waals surface area contributed by atoms with Gasteiger partial charge in [-0.1, -0.05) is 11.6 Å². The molecule has 1 atom stereocenters. The van der Waals surface area contributed by atoms with Gasteiger partial charge in [0.05, 0.1) is 18.5 Å². The third-order valence-corrected chi connectivity index (χ3v) is 4.72. The van der Waals surface area contributed by atoms with Gasteiger partial charge < -0.3 is 15.0 Å². The predicted octanol–water partition coefficient (Wildman–Crippen LogP) is 0.545. The highest BCUT2D eigenvalue weighted by molar-refractivity contribution is 7.92. The van der Waals surface area contributed by atoms with Gasteiger partial charge in [0.15, 0.2) is 6.10 Å². The molecule has 0 spiro atoms. The molecule has 7 nitrogen and oxygen atoms in total. The van der Waals surface area contributed by atoms with E-state index < -0.39 is 16.1 Å². The van der Waals surface area contributed by atoms with E-state index in [0.29, 0.717) is 29.5 Å². The number of rotatable bonds is 5. The summed E-state index contributed by atoms with van der Waals surface area (Å²) < 4.78 is 30.8. The van der Waals surface area contributed by atoms with Crippen molar-refractivity contribution in [1.82, 2.24) is 10.2 Å². The topological polar surface area (TPSA) is 79.0 Å². The molecule has 128 valence electrons. The molecule has 1 N–H and O–H groups in total. The Morgan fingerprint density at radius 2 is 2.17 bits per heavy atom. The number of benzene rings is 1. The maximum atomic E-state index is 12.2. The van der Waals surface area contributed by atoms with E-state index in [1.165, 1.54) is 6.07 Å². The smallest absolute Gasteiger partial charge is 0.263 e. The molecule has 9 heteroatoms. The van der Waals surface area contributed by atoms with Crippen LogP contribution in [-0.4, -0.2) is 65.3 Å². The van der Waals surface area contributed by atoms with Gasteiger partial charge in [-0.2, -0.15) is 0 Å². The summed E-state index contributed by atoms with van der Waals surface area (Å²) in [5.74, 6) is -0.0278. The first-order valence-corrected chi connectivity index (χ1v) is 9.27. The molecule has 0 saturated carbocycles. The number of hydrogen-bond acceptors (Lipinski definition) is 5. The second-order valence-electron chi connectivity index (χ2n) is 5.61. The summed E-state index contributed by atoms with van der Waals surface area (Å²) in [5, 5.41) is 3.14.